The van der Waals surface area contributed by atoms with E-state index in [-0.39, 0.29) is 12.4 Å². The number of pyridine rings is 1. The number of ether oxygens (including phenoxy) is 1. The minimum absolute atomic E-state index is 0.150. The second kappa shape index (κ2) is 6.65. The van der Waals surface area contributed by atoms with Gasteiger partial charge in [-0.05, 0) is 37.3 Å². The van der Waals surface area contributed by atoms with Crippen LogP contribution in [0.4, 0.5) is 0 Å². The Morgan fingerprint density at radius 3 is 2.65 bits per heavy atom. The van der Waals surface area contributed by atoms with Crippen LogP contribution in [0.25, 0.3) is 10.9 Å². The number of aromatic nitrogens is 1. The molecule has 0 fully saturated rings. The van der Waals surface area contributed by atoms with Gasteiger partial charge in [0.05, 0.1) is 19.3 Å². The van der Waals surface area contributed by atoms with E-state index in [2.05, 4.69) is 4.98 Å². The van der Waals surface area contributed by atoms with Gasteiger partial charge in [0.25, 0.3) is 0 Å². The van der Waals surface area contributed by atoms with Crippen molar-refractivity contribution in [3.63, 3.8) is 0 Å². The van der Waals surface area contributed by atoms with Crippen LogP contribution >= 0.6 is 46.1 Å². The Kier molecular flexibility index (Phi) is 4.78. The smallest absolute Gasteiger partial charge is 0.210 e. The van der Waals surface area contributed by atoms with Gasteiger partial charge in [-0.15, -0.1) is 11.3 Å². The van der Waals surface area contributed by atoms with Crippen LogP contribution in [0.2, 0.25) is 14.4 Å². The van der Waals surface area contributed by atoms with Gasteiger partial charge in [0.15, 0.2) is 12.4 Å². The molecule has 23 heavy (non-hydrogen) atoms. The summed E-state index contributed by atoms with van der Waals surface area (Å²) in [5.74, 6) is 0.180. The molecular formula is C16H10Cl3NO2S. The van der Waals surface area contributed by atoms with Gasteiger partial charge < -0.3 is 4.74 Å². The van der Waals surface area contributed by atoms with E-state index in [0.717, 1.165) is 11.1 Å². The van der Waals surface area contributed by atoms with Gasteiger partial charge in [-0.1, -0.05) is 34.8 Å². The predicted molar refractivity (Wildman–Crippen MR) is 95.7 cm³/mol. The van der Waals surface area contributed by atoms with Crippen molar-refractivity contribution in [3.8, 4) is 5.75 Å². The van der Waals surface area contributed by atoms with E-state index in [0.29, 0.717) is 30.5 Å². The number of nitrogens with zero attached hydrogens (tertiary/aromatic N) is 1. The van der Waals surface area contributed by atoms with Gasteiger partial charge >= 0.3 is 0 Å². The number of carbonyl (C=O) groups is 1. The Hall–Kier alpha value is -1.33. The van der Waals surface area contributed by atoms with Crippen molar-refractivity contribution in [3.05, 3.63) is 55.3 Å². The number of thiophene rings is 1. The summed E-state index contributed by atoms with van der Waals surface area (Å²) >= 11 is 19.5. The lowest BCUT2D eigenvalue weighted by Gasteiger charge is -2.11. The standard InChI is InChI=1S/C16H10Cl3NO2S/c1-8-2-3-9-10(17)6-11(18)16(15(9)20-8)22-7-12(21)13-4-5-14(19)23-13/h2-6H,7H2,1H3. The van der Waals surface area contributed by atoms with Crippen molar-refractivity contribution in [2.45, 2.75) is 6.92 Å². The third-order valence-electron chi connectivity index (χ3n) is 3.17. The van der Waals surface area contributed by atoms with Crippen LogP contribution in [-0.4, -0.2) is 17.4 Å². The fraction of sp³-hybridized carbons (Fsp3) is 0.125. The summed E-state index contributed by atoms with van der Waals surface area (Å²) in [7, 11) is 0. The molecule has 0 atom stereocenters. The molecule has 0 aliphatic carbocycles. The number of halogens is 3. The van der Waals surface area contributed by atoms with Crippen LogP contribution in [0.15, 0.2) is 30.3 Å². The van der Waals surface area contributed by atoms with E-state index in [1.165, 1.54) is 11.3 Å². The number of hydrogen-bond donors (Lipinski definition) is 0. The first-order valence-corrected chi connectivity index (χ1v) is 8.57. The van der Waals surface area contributed by atoms with E-state index in [1.54, 1.807) is 18.2 Å². The van der Waals surface area contributed by atoms with Crippen LogP contribution in [0.5, 0.6) is 5.75 Å². The lowest BCUT2D eigenvalue weighted by molar-refractivity contribution is 0.0926. The number of aryl methyl sites for hydroxylation is 1. The molecule has 0 saturated heterocycles. The van der Waals surface area contributed by atoms with Crippen molar-refractivity contribution in [1.82, 2.24) is 4.98 Å². The average molecular weight is 387 g/mol. The summed E-state index contributed by atoms with van der Waals surface area (Å²) in [6.07, 6.45) is 0. The number of Topliss-reactive ketones (excluding diaryl/α,β-unsaturated/α-hetero) is 1. The van der Waals surface area contributed by atoms with Crippen LogP contribution in [0.1, 0.15) is 15.4 Å². The van der Waals surface area contributed by atoms with E-state index >= 15 is 0 Å². The SMILES string of the molecule is Cc1ccc2c(Cl)cc(Cl)c(OCC(=O)c3ccc(Cl)s3)c2n1. The molecule has 0 N–H and O–H groups in total. The monoisotopic (exact) mass is 385 g/mol. The topological polar surface area (TPSA) is 39.2 Å². The molecule has 3 rings (SSSR count). The predicted octanol–water partition coefficient (Wildman–Crippen LogP) is 5.83. The highest BCUT2D eigenvalue weighted by atomic mass is 35.5. The minimum Gasteiger partial charge on any atom is -0.482 e. The van der Waals surface area contributed by atoms with Gasteiger partial charge in [0.1, 0.15) is 5.52 Å². The van der Waals surface area contributed by atoms with Gasteiger partial charge in [0, 0.05) is 11.1 Å². The number of ketones is 1. The molecule has 7 heteroatoms. The molecule has 118 valence electrons. The molecule has 0 bridgehead atoms. The van der Waals surface area contributed by atoms with Crippen LogP contribution in [-0.2, 0) is 0 Å². The molecule has 0 unspecified atom stereocenters. The van der Waals surface area contributed by atoms with Crippen LogP contribution < -0.4 is 4.74 Å². The molecule has 1 aromatic carbocycles. The van der Waals surface area contributed by atoms with Gasteiger partial charge in [0.2, 0.25) is 5.78 Å². The maximum Gasteiger partial charge on any atom is 0.210 e. The Morgan fingerprint density at radius 2 is 1.96 bits per heavy atom. The van der Waals surface area contributed by atoms with Crippen molar-refractivity contribution in [2.75, 3.05) is 6.61 Å². The van der Waals surface area contributed by atoms with Crippen molar-refractivity contribution < 1.29 is 9.53 Å². The lowest BCUT2D eigenvalue weighted by atomic mass is 10.2. The summed E-state index contributed by atoms with van der Waals surface area (Å²) < 4.78 is 6.20. The summed E-state index contributed by atoms with van der Waals surface area (Å²) in [6.45, 7) is 1.71. The van der Waals surface area contributed by atoms with E-state index in [9.17, 15) is 4.79 Å². The molecule has 0 aliphatic heterocycles. The fourth-order valence-electron chi connectivity index (χ4n) is 2.10. The highest BCUT2D eigenvalue weighted by Crippen LogP contribution is 2.37. The molecule has 3 aromatic rings. The number of hydrogen-bond acceptors (Lipinski definition) is 4. The molecule has 0 aliphatic rings. The third-order valence-corrected chi connectivity index (χ3v) is 5.04. The Morgan fingerprint density at radius 1 is 1.17 bits per heavy atom. The first-order valence-electron chi connectivity index (χ1n) is 6.62. The second-order valence-corrected chi connectivity index (χ2v) is 7.36. The van der Waals surface area contributed by atoms with Crippen molar-refractivity contribution >= 4 is 62.8 Å². The van der Waals surface area contributed by atoms with Gasteiger partial charge in [-0.3, -0.25) is 4.79 Å². The number of fused-ring (bicyclic) bond motifs is 1. The van der Waals surface area contributed by atoms with Gasteiger partial charge in [-0.2, -0.15) is 0 Å². The van der Waals surface area contributed by atoms with Crippen molar-refractivity contribution in [1.29, 1.82) is 0 Å². The number of benzene rings is 1. The Bertz CT molecular complexity index is 908. The Labute approximate surface area is 151 Å². The van der Waals surface area contributed by atoms with E-state index in [1.807, 2.05) is 19.1 Å². The van der Waals surface area contributed by atoms with E-state index in [4.69, 9.17) is 39.5 Å². The largest absolute Gasteiger partial charge is 0.482 e. The number of rotatable bonds is 4. The summed E-state index contributed by atoms with van der Waals surface area (Å²) in [4.78, 5) is 17.1. The molecule has 2 aromatic heterocycles. The Balaban J connectivity index is 1.93. The minimum atomic E-state index is -0.172. The summed E-state index contributed by atoms with van der Waals surface area (Å²) in [6, 6.07) is 8.64. The highest BCUT2D eigenvalue weighted by molar-refractivity contribution is 7.18. The average Bonchev–Trinajstić information content (AvgIpc) is 2.93. The first-order chi connectivity index (χ1) is 11.0. The maximum absolute atomic E-state index is 12.1. The zero-order valence-electron chi connectivity index (χ0n) is 11.9. The fourth-order valence-corrected chi connectivity index (χ4v) is 3.64. The first kappa shape index (κ1) is 16.5. The molecule has 0 radical (unpaired) electrons. The lowest BCUT2D eigenvalue weighted by Crippen LogP contribution is -2.11. The molecule has 3 nitrogen and oxygen atoms in total. The third kappa shape index (κ3) is 3.45. The van der Waals surface area contributed by atoms with E-state index < -0.39 is 0 Å². The zero-order chi connectivity index (χ0) is 16.6. The highest BCUT2D eigenvalue weighted by Gasteiger charge is 2.16. The van der Waals surface area contributed by atoms with Crippen LogP contribution in [0.3, 0.4) is 0 Å². The molecule has 0 saturated carbocycles. The second-order valence-electron chi connectivity index (χ2n) is 4.83. The molecule has 0 spiro atoms. The molecule has 0 amide bonds. The van der Waals surface area contributed by atoms with Crippen molar-refractivity contribution in [2.24, 2.45) is 0 Å². The summed E-state index contributed by atoms with van der Waals surface area (Å²) in [5, 5.41) is 1.53. The normalized spacial score (nSPS) is 11.0. The molecule has 2 heterocycles. The number of carbonyl (C=O) groups excluding carboxylic acids is 1. The zero-order valence-corrected chi connectivity index (χ0v) is 15.0. The molecular weight excluding hydrogens is 377 g/mol. The van der Waals surface area contributed by atoms with Crippen LogP contribution in [0, 0.1) is 6.92 Å². The summed E-state index contributed by atoms with van der Waals surface area (Å²) in [5.41, 5.74) is 1.34. The maximum atomic E-state index is 12.1. The van der Waals surface area contributed by atoms with Gasteiger partial charge in [-0.25, -0.2) is 4.98 Å². The quantitative estimate of drug-likeness (QED) is 0.530.